The van der Waals surface area contributed by atoms with Crippen molar-refractivity contribution in [2.45, 2.75) is 12.7 Å². The molecule has 1 N–H and O–H groups in total. The zero-order valence-electron chi connectivity index (χ0n) is 17.3. The number of nitrogens with one attached hydrogen (secondary N) is 1. The molecule has 0 saturated carbocycles. The van der Waals surface area contributed by atoms with E-state index in [1.807, 2.05) is 72.3 Å². The van der Waals surface area contributed by atoms with Crippen molar-refractivity contribution in [1.82, 2.24) is 9.55 Å². The lowest BCUT2D eigenvalue weighted by Gasteiger charge is -2.13. The Morgan fingerprint density at radius 1 is 0.968 bits per heavy atom. The first-order chi connectivity index (χ1) is 14.9. The fourth-order valence-corrected chi connectivity index (χ4v) is 4.56. The van der Waals surface area contributed by atoms with Crippen molar-refractivity contribution in [3.8, 4) is 22.6 Å². The molecule has 0 aliphatic heterocycles. The quantitative estimate of drug-likeness (QED) is 0.454. The Kier molecular flexibility index (Phi) is 5.77. The molecule has 158 valence electrons. The van der Waals surface area contributed by atoms with Gasteiger partial charge in [-0.15, -0.1) is 0 Å². The number of methoxy groups -OCH3 is 1. The molecule has 0 aliphatic rings. The van der Waals surface area contributed by atoms with Crippen LogP contribution in [0.3, 0.4) is 0 Å². The number of hydrogen-bond donors (Lipinski definition) is 1. The Morgan fingerprint density at radius 2 is 1.68 bits per heavy atom. The predicted octanol–water partition coefficient (Wildman–Crippen LogP) is 4.80. The predicted molar refractivity (Wildman–Crippen MR) is 123 cm³/mol. The first kappa shape index (κ1) is 20.7. The maximum atomic E-state index is 12.7. The van der Waals surface area contributed by atoms with Crippen LogP contribution in [0.25, 0.3) is 16.8 Å². The molecule has 3 aromatic carbocycles. The SMILES string of the molecule is COc1cc(NS(=O)(=O)Cc2ccc(-c3ccccc3)cc2)ccc1-n1cnc(C)c1. The van der Waals surface area contributed by atoms with E-state index in [1.165, 1.54) is 0 Å². The Hall–Kier alpha value is -3.58. The monoisotopic (exact) mass is 433 g/mol. The Bertz CT molecular complexity index is 1280. The van der Waals surface area contributed by atoms with Gasteiger partial charge in [-0.05, 0) is 35.7 Å². The van der Waals surface area contributed by atoms with Crippen LogP contribution in [0.2, 0.25) is 0 Å². The van der Waals surface area contributed by atoms with Gasteiger partial charge in [0.05, 0.1) is 36.3 Å². The summed E-state index contributed by atoms with van der Waals surface area (Å²) in [6.45, 7) is 1.90. The van der Waals surface area contributed by atoms with Gasteiger partial charge in [-0.1, -0.05) is 54.6 Å². The van der Waals surface area contributed by atoms with Gasteiger partial charge in [-0.25, -0.2) is 13.4 Å². The molecule has 0 atom stereocenters. The lowest BCUT2D eigenvalue weighted by Crippen LogP contribution is -2.15. The Morgan fingerprint density at radius 3 is 2.32 bits per heavy atom. The van der Waals surface area contributed by atoms with Crippen LogP contribution in [0.1, 0.15) is 11.3 Å². The molecule has 0 fully saturated rings. The normalized spacial score (nSPS) is 11.3. The smallest absolute Gasteiger partial charge is 0.236 e. The fourth-order valence-electron chi connectivity index (χ4n) is 3.37. The molecule has 6 nitrogen and oxygen atoms in total. The van der Waals surface area contributed by atoms with Gasteiger partial charge in [0, 0.05) is 12.3 Å². The molecule has 0 amide bonds. The molecule has 4 rings (SSSR count). The average Bonchev–Trinajstić information content (AvgIpc) is 3.20. The van der Waals surface area contributed by atoms with E-state index in [0.29, 0.717) is 17.0 Å². The van der Waals surface area contributed by atoms with Crippen molar-refractivity contribution in [1.29, 1.82) is 0 Å². The molecular weight excluding hydrogens is 410 g/mol. The summed E-state index contributed by atoms with van der Waals surface area (Å²) >= 11 is 0. The summed E-state index contributed by atoms with van der Waals surface area (Å²) in [5.74, 6) is 0.428. The van der Waals surface area contributed by atoms with Gasteiger partial charge in [0.15, 0.2) is 0 Å². The van der Waals surface area contributed by atoms with E-state index in [2.05, 4.69) is 9.71 Å². The minimum Gasteiger partial charge on any atom is -0.494 e. The largest absolute Gasteiger partial charge is 0.494 e. The molecule has 0 radical (unpaired) electrons. The zero-order valence-corrected chi connectivity index (χ0v) is 18.1. The number of hydrogen-bond acceptors (Lipinski definition) is 4. The fraction of sp³-hybridized carbons (Fsp3) is 0.125. The maximum Gasteiger partial charge on any atom is 0.236 e. The van der Waals surface area contributed by atoms with E-state index in [0.717, 1.165) is 22.5 Å². The van der Waals surface area contributed by atoms with E-state index >= 15 is 0 Å². The van der Waals surface area contributed by atoms with Crippen LogP contribution < -0.4 is 9.46 Å². The Balaban J connectivity index is 1.49. The van der Waals surface area contributed by atoms with Crippen LogP contribution in [-0.2, 0) is 15.8 Å². The second-order valence-electron chi connectivity index (χ2n) is 7.23. The first-order valence-electron chi connectivity index (χ1n) is 9.77. The van der Waals surface area contributed by atoms with Crippen LogP contribution in [0.5, 0.6) is 5.75 Å². The lowest BCUT2D eigenvalue weighted by atomic mass is 10.0. The highest BCUT2D eigenvalue weighted by atomic mass is 32.2. The number of aryl methyl sites for hydroxylation is 1. The van der Waals surface area contributed by atoms with Gasteiger partial charge in [-0.2, -0.15) is 0 Å². The Labute approximate surface area is 182 Å². The van der Waals surface area contributed by atoms with Crippen molar-refractivity contribution >= 4 is 15.7 Å². The highest BCUT2D eigenvalue weighted by Crippen LogP contribution is 2.28. The molecule has 1 heterocycles. The van der Waals surface area contributed by atoms with E-state index in [1.54, 1.807) is 31.6 Å². The van der Waals surface area contributed by atoms with E-state index in [-0.39, 0.29) is 5.75 Å². The number of imidazole rings is 1. The highest BCUT2D eigenvalue weighted by molar-refractivity contribution is 7.91. The number of ether oxygens (including phenoxy) is 1. The molecule has 7 heteroatoms. The molecule has 0 unspecified atom stereocenters. The molecule has 0 aliphatic carbocycles. The van der Waals surface area contributed by atoms with Crippen LogP contribution in [-0.4, -0.2) is 25.1 Å². The van der Waals surface area contributed by atoms with Crippen molar-refractivity contribution in [2.24, 2.45) is 0 Å². The van der Waals surface area contributed by atoms with Crippen LogP contribution >= 0.6 is 0 Å². The number of benzene rings is 3. The number of sulfonamides is 1. The molecule has 1 aromatic heterocycles. The molecule has 0 spiro atoms. The lowest BCUT2D eigenvalue weighted by molar-refractivity contribution is 0.413. The van der Waals surface area contributed by atoms with Gasteiger partial charge in [0.25, 0.3) is 0 Å². The summed E-state index contributed by atoms with van der Waals surface area (Å²) in [7, 11) is -2.04. The molecular formula is C24H23N3O3S. The van der Waals surface area contributed by atoms with E-state index in [9.17, 15) is 8.42 Å². The summed E-state index contributed by atoms with van der Waals surface area (Å²) in [6.07, 6.45) is 3.57. The first-order valence-corrected chi connectivity index (χ1v) is 11.4. The van der Waals surface area contributed by atoms with Gasteiger partial charge in [-0.3, -0.25) is 4.72 Å². The number of aromatic nitrogens is 2. The average molecular weight is 434 g/mol. The minimum atomic E-state index is -3.59. The minimum absolute atomic E-state index is 0.118. The maximum absolute atomic E-state index is 12.7. The van der Waals surface area contributed by atoms with Gasteiger partial charge < -0.3 is 9.30 Å². The van der Waals surface area contributed by atoms with Gasteiger partial charge in [0.2, 0.25) is 10.0 Å². The van der Waals surface area contributed by atoms with Crippen molar-refractivity contribution in [3.05, 3.63) is 96.6 Å². The van der Waals surface area contributed by atoms with Crippen LogP contribution in [0.4, 0.5) is 5.69 Å². The van der Waals surface area contributed by atoms with Crippen molar-refractivity contribution in [3.63, 3.8) is 0 Å². The molecule has 0 saturated heterocycles. The summed E-state index contributed by atoms with van der Waals surface area (Å²) in [5.41, 5.74) is 4.95. The van der Waals surface area contributed by atoms with Crippen molar-refractivity contribution in [2.75, 3.05) is 11.8 Å². The number of anilines is 1. The van der Waals surface area contributed by atoms with Crippen LogP contribution in [0.15, 0.2) is 85.3 Å². The van der Waals surface area contributed by atoms with Gasteiger partial charge in [0.1, 0.15) is 5.75 Å². The van der Waals surface area contributed by atoms with Gasteiger partial charge >= 0.3 is 0 Å². The standard InChI is InChI=1S/C24H23N3O3S/c1-18-15-27(17-25-18)23-13-12-22(14-24(23)30-2)26-31(28,29)16-19-8-10-21(11-9-19)20-6-4-3-5-7-20/h3-15,17,26H,16H2,1-2H3. The summed E-state index contributed by atoms with van der Waals surface area (Å²) in [5, 5.41) is 0. The third kappa shape index (κ3) is 4.95. The third-order valence-corrected chi connectivity index (χ3v) is 6.12. The third-order valence-electron chi connectivity index (χ3n) is 4.86. The van der Waals surface area contributed by atoms with Crippen molar-refractivity contribution < 1.29 is 13.2 Å². The molecule has 4 aromatic rings. The number of rotatable bonds is 7. The second-order valence-corrected chi connectivity index (χ2v) is 8.96. The summed E-state index contributed by atoms with van der Waals surface area (Å²) in [4.78, 5) is 4.22. The number of nitrogens with zero attached hydrogens (tertiary/aromatic N) is 2. The molecule has 31 heavy (non-hydrogen) atoms. The van der Waals surface area contributed by atoms with Crippen LogP contribution in [0, 0.1) is 6.92 Å². The topological polar surface area (TPSA) is 73.2 Å². The summed E-state index contributed by atoms with van der Waals surface area (Å²) < 4.78 is 35.4. The van der Waals surface area contributed by atoms with E-state index < -0.39 is 10.0 Å². The second kappa shape index (κ2) is 8.65. The summed E-state index contributed by atoms with van der Waals surface area (Å²) in [6, 6.07) is 22.7. The van der Waals surface area contributed by atoms with E-state index in [4.69, 9.17) is 4.74 Å². The molecule has 0 bridgehead atoms. The highest BCUT2D eigenvalue weighted by Gasteiger charge is 2.14. The zero-order chi connectivity index (χ0) is 21.8.